The number of nitrogens with zero attached hydrogens (tertiary/aromatic N) is 2. The maximum atomic E-state index is 12.3. The number of nitrogens with two attached hydrogens (primary N) is 1. The molecule has 0 unspecified atom stereocenters. The number of hydrogen-bond donors (Lipinski definition) is 7. The quantitative estimate of drug-likeness (QED) is 0.199. The van der Waals surface area contributed by atoms with Gasteiger partial charge >= 0.3 is 0 Å². The topological polar surface area (TPSA) is 175 Å². The number of likely N-dealkylation sites (N-methyl/N-ethyl adjacent to an activating group) is 1. The first-order chi connectivity index (χ1) is 9.76. The standard InChI is InChI=1S/C11H22N4O6.ClH/c1-14(11(12)13)2-7(18)15-5(3-16)8(19)10(21)9(20)6(15)4-17;/h5-6,8-10,16-17,19-21H,2-4H2,1H3,(H3,12,13);1H/t5-,6-,8-,9-;/m1./s1. The molecule has 130 valence electrons. The highest BCUT2D eigenvalue weighted by molar-refractivity contribution is 5.85. The van der Waals surface area contributed by atoms with Crippen LogP contribution in [0.3, 0.4) is 0 Å². The molecule has 0 aromatic carbocycles. The molecule has 0 radical (unpaired) electrons. The third-order valence-corrected chi connectivity index (χ3v) is 3.65. The van der Waals surface area contributed by atoms with Gasteiger partial charge in [-0.25, -0.2) is 0 Å². The Kier molecular flexibility index (Phi) is 8.01. The van der Waals surface area contributed by atoms with Crippen molar-refractivity contribution in [3.63, 3.8) is 0 Å². The molecule has 11 heteroatoms. The largest absolute Gasteiger partial charge is 0.394 e. The van der Waals surface area contributed by atoms with Gasteiger partial charge in [-0.3, -0.25) is 10.2 Å². The molecule has 0 saturated carbocycles. The molecule has 1 amide bonds. The van der Waals surface area contributed by atoms with Gasteiger partial charge in [-0.15, -0.1) is 12.4 Å². The number of halogens is 1. The van der Waals surface area contributed by atoms with E-state index in [1.807, 2.05) is 0 Å². The molecule has 1 heterocycles. The van der Waals surface area contributed by atoms with Crippen LogP contribution in [0.5, 0.6) is 0 Å². The Morgan fingerprint density at radius 2 is 1.55 bits per heavy atom. The average Bonchev–Trinajstić information content (AvgIpc) is 2.44. The maximum Gasteiger partial charge on any atom is 0.243 e. The summed E-state index contributed by atoms with van der Waals surface area (Å²) in [5.74, 6) is -1.02. The fourth-order valence-corrected chi connectivity index (χ4v) is 2.36. The first-order valence-electron chi connectivity index (χ1n) is 6.38. The number of likely N-dealkylation sites (tertiary alicyclic amines) is 1. The molecule has 0 aromatic heterocycles. The highest BCUT2D eigenvalue weighted by atomic mass is 35.5. The molecule has 0 aliphatic carbocycles. The second-order valence-electron chi connectivity index (χ2n) is 5.01. The van der Waals surface area contributed by atoms with Crippen LogP contribution in [0.2, 0.25) is 0 Å². The smallest absolute Gasteiger partial charge is 0.243 e. The van der Waals surface area contributed by atoms with Crippen molar-refractivity contribution in [2.75, 3.05) is 26.8 Å². The predicted molar refractivity (Wildman–Crippen MR) is 78.4 cm³/mol. The van der Waals surface area contributed by atoms with Crippen molar-refractivity contribution in [2.24, 2.45) is 5.73 Å². The summed E-state index contributed by atoms with van der Waals surface area (Å²) in [7, 11) is 1.40. The first-order valence-corrected chi connectivity index (χ1v) is 6.38. The minimum Gasteiger partial charge on any atom is -0.394 e. The van der Waals surface area contributed by atoms with Crippen LogP contribution in [0.15, 0.2) is 0 Å². The lowest BCUT2D eigenvalue weighted by molar-refractivity contribution is -0.187. The molecule has 0 bridgehead atoms. The number of nitrogens with one attached hydrogen (secondary N) is 1. The van der Waals surface area contributed by atoms with Gasteiger partial charge in [0.2, 0.25) is 5.91 Å². The fraction of sp³-hybridized carbons (Fsp3) is 0.818. The van der Waals surface area contributed by atoms with Crippen LogP contribution >= 0.6 is 12.4 Å². The van der Waals surface area contributed by atoms with Crippen molar-refractivity contribution in [1.82, 2.24) is 9.80 Å². The molecule has 0 aromatic rings. The lowest BCUT2D eigenvalue weighted by atomic mass is 9.88. The molecule has 4 atom stereocenters. The van der Waals surface area contributed by atoms with E-state index in [0.717, 1.165) is 9.80 Å². The number of aliphatic hydroxyl groups is 5. The fourth-order valence-electron chi connectivity index (χ4n) is 2.36. The Labute approximate surface area is 133 Å². The Balaban J connectivity index is 0.00000441. The zero-order valence-electron chi connectivity index (χ0n) is 12.0. The molecule has 1 aliphatic rings. The molecular formula is C11H23ClN4O6. The van der Waals surface area contributed by atoms with Crippen LogP contribution in [0.4, 0.5) is 0 Å². The van der Waals surface area contributed by atoms with Gasteiger partial charge < -0.3 is 41.1 Å². The zero-order valence-corrected chi connectivity index (χ0v) is 12.8. The third-order valence-electron chi connectivity index (χ3n) is 3.65. The summed E-state index contributed by atoms with van der Waals surface area (Å²) < 4.78 is 0. The number of piperidine rings is 1. The monoisotopic (exact) mass is 342 g/mol. The van der Waals surface area contributed by atoms with Gasteiger partial charge in [0.25, 0.3) is 0 Å². The summed E-state index contributed by atoms with van der Waals surface area (Å²) in [6.45, 7) is -1.65. The van der Waals surface area contributed by atoms with Crippen LogP contribution in [-0.2, 0) is 4.79 Å². The van der Waals surface area contributed by atoms with Crippen LogP contribution in [0.1, 0.15) is 0 Å². The molecule has 8 N–H and O–H groups in total. The molecule has 1 saturated heterocycles. The van der Waals surface area contributed by atoms with Gasteiger partial charge in [0.15, 0.2) is 5.96 Å². The van der Waals surface area contributed by atoms with Crippen molar-refractivity contribution in [2.45, 2.75) is 30.4 Å². The van der Waals surface area contributed by atoms with E-state index in [1.54, 1.807) is 0 Å². The summed E-state index contributed by atoms with van der Waals surface area (Å²) in [5.41, 5.74) is 5.23. The van der Waals surface area contributed by atoms with Crippen molar-refractivity contribution in [3.8, 4) is 0 Å². The minimum absolute atomic E-state index is 0. The van der Waals surface area contributed by atoms with E-state index < -0.39 is 49.5 Å². The Bertz CT molecular complexity index is 383. The van der Waals surface area contributed by atoms with E-state index in [1.165, 1.54) is 7.05 Å². The highest BCUT2D eigenvalue weighted by Gasteiger charge is 2.49. The average molecular weight is 343 g/mol. The van der Waals surface area contributed by atoms with Crippen LogP contribution in [0, 0.1) is 5.41 Å². The molecule has 0 spiro atoms. The van der Waals surface area contributed by atoms with E-state index in [2.05, 4.69) is 0 Å². The first kappa shape index (κ1) is 20.8. The third kappa shape index (κ3) is 3.97. The number of hydrogen-bond acceptors (Lipinski definition) is 7. The second-order valence-corrected chi connectivity index (χ2v) is 5.01. The number of guanidine groups is 1. The van der Waals surface area contributed by atoms with Crippen LogP contribution in [-0.4, -0.2) is 104 Å². The summed E-state index contributed by atoms with van der Waals surface area (Å²) in [4.78, 5) is 14.3. The maximum absolute atomic E-state index is 12.3. The van der Waals surface area contributed by atoms with Gasteiger partial charge in [-0.1, -0.05) is 0 Å². The normalized spacial score (nSPS) is 31.4. The predicted octanol–water partition coefficient (Wildman–Crippen LogP) is -4.12. The Hall–Kier alpha value is -1.17. The van der Waals surface area contributed by atoms with Crippen LogP contribution < -0.4 is 5.73 Å². The number of amides is 1. The van der Waals surface area contributed by atoms with Crippen molar-refractivity contribution < 1.29 is 30.3 Å². The number of carbonyl (C=O) groups is 1. The van der Waals surface area contributed by atoms with E-state index in [0.29, 0.717) is 0 Å². The summed E-state index contributed by atoms with van der Waals surface area (Å²) in [6.07, 6.45) is -4.70. The summed E-state index contributed by atoms with van der Waals surface area (Å²) in [5, 5.41) is 55.3. The van der Waals surface area contributed by atoms with Gasteiger partial charge in [0, 0.05) is 7.05 Å². The van der Waals surface area contributed by atoms with Crippen molar-refractivity contribution >= 4 is 24.3 Å². The van der Waals surface area contributed by atoms with E-state index in [-0.39, 0.29) is 24.9 Å². The van der Waals surface area contributed by atoms with Gasteiger partial charge in [0.05, 0.1) is 31.8 Å². The SMILES string of the molecule is CN(CC(=O)N1[C@H](CO)[C@@H](O)C(O)[C@H](O)[C@H]1CO)C(=N)N.Cl. The van der Waals surface area contributed by atoms with Gasteiger partial charge in [0.1, 0.15) is 18.3 Å². The summed E-state index contributed by atoms with van der Waals surface area (Å²) in [6, 6.07) is -2.35. The summed E-state index contributed by atoms with van der Waals surface area (Å²) >= 11 is 0. The Morgan fingerprint density at radius 1 is 1.14 bits per heavy atom. The number of carbonyl (C=O) groups excluding carboxylic acids is 1. The number of aliphatic hydroxyl groups excluding tert-OH is 5. The molecule has 1 aliphatic heterocycles. The zero-order chi connectivity index (χ0) is 16.3. The van der Waals surface area contributed by atoms with Gasteiger partial charge in [-0.05, 0) is 0 Å². The lowest BCUT2D eigenvalue weighted by Crippen LogP contribution is -2.70. The van der Waals surface area contributed by atoms with E-state index in [4.69, 9.17) is 11.1 Å². The van der Waals surface area contributed by atoms with Crippen molar-refractivity contribution in [3.05, 3.63) is 0 Å². The molecule has 22 heavy (non-hydrogen) atoms. The van der Waals surface area contributed by atoms with E-state index in [9.17, 15) is 30.3 Å². The van der Waals surface area contributed by atoms with E-state index >= 15 is 0 Å². The molecule has 1 rings (SSSR count). The molecular weight excluding hydrogens is 320 g/mol. The van der Waals surface area contributed by atoms with Crippen LogP contribution in [0.25, 0.3) is 0 Å². The molecule has 1 fully saturated rings. The number of rotatable bonds is 4. The Morgan fingerprint density at radius 3 is 1.86 bits per heavy atom. The highest BCUT2D eigenvalue weighted by Crippen LogP contribution is 2.24. The lowest BCUT2D eigenvalue weighted by Gasteiger charge is -2.48. The molecule has 10 nitrogen and oxygen atoms in total. The minimum atomic E-state index is -1.59. The van der Waals surface area contributed by atoms with Gasteiger partial charge in [-0.2, -0.15) is 0 Å². The second kappa shape index (κ2) is 8.46. The van der Waals surface area contributed by atoms with Crippen molar-refractivity contribution in [1.29, 1.82) is 5.41 Å².